The molecule has 166 valence electrons. The third-order valence-electron chi connectivity index (χ3n) is 5.35. The average molecular weight is 442 g/mol. The fourth-order valence-corrected chi connectivity index (χ4v) is 3.36. The number of rotatable bonds is 5. The number of hydrogen-bond donors (Lipinski definition) is 2. The zero-order valence-electron chi connectivity index (χ0n) is 17.5. The number of halogens is 3. The quantitative estimate of drug-likeness (QED) is 0.604. The van der Waals surface area contributed by atoms with Gasteiger partial charge < -0.3 is 10.6 Å². The lowest BCUT2D eigenvalue weighted by atomic mass is 10.1. The number of anilines is 1. The molecular weight excluding hydrogens is 421 g/mol. The lowest BCUT2D eigenvalue weighted by Gasteiger charge is -2.14. The zero-order valence-corrected chi connectivity index (χ0v) is 17.5. The lowest BCUT2D eigenvalue weighted by molar-refractivity contribution is -0.137. The Morgan fingerprint density at radius 3 is 2.47 bits per heavy atom. The molecule has 0 atom stereocenters. The number of carbonyl (C=O) groups is 2. The maximum absolute atomic E-state index is 13.4. The van der Waals surface area contributed by atoms with Gasteiger partial charge in [-0.15, -0.1) is 0 Å². The van der Waals surface area contributed by atoms with Crippen LogP contribution in [0.15, 0.2) is 48.7 Å². The van der Waals surface area contributed by atoms with E-state index in [0.717, 1.165) is 29.2 Å². The van der Waals surface area contributed by atoms with E-state index in [1.54, 1.807) is 25.1 Å². The van der Waals surface area contributed by atoms with E-state index in [1.165, 1.54) is 31.3 Å². The van der Waals surface area contributed by atoms with E-state index < -0.39 is 17.6 Å². The molecule has 6 nitrogen and oxygen atoms in total. The molecule has 3 aromatic rings. The van der Waals surface area contributed by atoms with Crippen LogP contribution in [0.25, 0.3) is 5.69 Å². The van der Waals surface area contributed by atoms with Crippen molar-refractivity contribution in [1.29, 1.82) is 0 Å². The van der Waals surface area contributed by atoms with Crippen molar-refractivity contribution in [3.05, 3.63) is 76.6 Å². The second-order valence-corrected chi connectivity index (χ2v) is 7.80. The van der Waals surface area contributed by atoms with Crippen LogP contribution in [0.4, 0.5) is 18.9 Å². The lowest BCUT2D eigenvalue weighted by Crippen LogP contribution is -2.25. The molecule has 1 aliphatic carbocycles. The molecule has 1 aromatic heterocycles. The van der Waals surface area contributed by atoms with Gasteiger partial charge in [0.2, 0.25) is 0 Å². The van der Waals surface area contributed by atoms with E-state index in [4.69, 9.17) is 0 Å². The first-order chi connectivity index (χ1) is 15.1. The van der Waals surface area contributed by atoms with Crippen molar-refractivity contribution in [2.45, 2.75) is 38.9 Å². The summed E-state index contributed by atoms with van der Waals surface area (Å²) in [5, 5.41) is 9.66. The highest BCUT2D eigenvalue weighted by molar-refractivity contribution is 6.06. The van der Waals surface area contributed by atoms with Gasteiger partial charge >= 0.3 is 6.18 Å². The van der Waals surface area contributed by atoms with Crippen LogP contribution in [-0.2, 0) is 6.18 Å². The molecule has 9 heteroatoms. The van der Waals surface area contributed by atoms with Gasteiger partial charge in [-0.25, -0.2) is 4.68 Å². The molecule has 1 saturated carbocycles. The first-order valence-electron chi connectivity index (χ1n) is 10.1. The molecule has 1 aliphatic rings. The molecule has 0 bridgehead atoms. The number of amides is 2. The Balaban J connectivity index is 1.60. The molecule has 2 amide bonds. The number of aryl methyl sites for hydroxylation is 1. The van der Waals surface area contributed by atoms with E-state index in [-0.39, 0.29) is 28.9 Å². The van der Waals surface area contributed by atoms with Gasteiger partial charge in [0.15, 0.2) is 0 Å². The summed E-state index contributed by atoms with van der Waals surface area (Å²) < 4.78 is 41.3. The Morgan fingerprint density at radius 2 is 1.78 bits per heavy atom. The van der Waals surface area contributed by atoms with Gasteiger partial charge in [-0.2, -0.15) is 18.3 Å². The third-order valence-corrected chi connectivity index (χ3v) is 5.35. The minimum Gasteiger partial charge on any atom is -0.349 e. The summed E-state index contributed by atoms with van der Waals surface area (Å²) in [6.45, 7) is 3.31. The van der Waals surface area contributed by atoms with Crippen LogP contribution in [0.3, 0.4) is 0 Å². The second kappa shape index (κ2) is 8.14. The molecule has 2 N–H and O–H groups in total. The summed E-state index contributed by atoms with van der Waals surface area (Å²) in [7, 11) is 0. The van der Waals surface area contributed by atoms with Crippen molar-refractivity contribution in [1.82, 2.24) is 15.1 Å². The molecule has 1 fully saturated rings. The standard InChI is InChI=1S/C23H21F3N4O2/c1-13-7-8-15(21(31)28-16-9-10-16)11-19(13)29-22(32)17-12-27-30(14(17)2)20-6-4-3-5-18(20)23(24,25)26/h3-8,11-12,16H,9-10H2,1-2H3,(H,28,31)(H,29,32). The number of aromatic nitrogens is 2. The Bertz CT molecular complexity index is 1200. The fraction of sp³-hybridized carbons (Fsp3) is 0.261. The molecule has 0 saturated heterocycles. The second-order valence-electron chi connectivity index (χ2n) is 7.80. The molecule has 32 heavy (non-hydrogen) atoms. The maximum atomic E-state index is 13.4. The predicted molar refractivity (Wildman–Crippen MR) is 113 cm³/mol. The van der Waals surface area contributed by atoms with Gasteiger partial charge in [0.25, 0.3) is 11.8 Å². The highest BCUT2D eigenvalue weighted by Crippen LogP contribution is 2.34. The van der Waals surface area contributed by atoms with Crippen molar-refractivity contribution in [2.75, 3.05) is 5.32 Å². The van der Waals surface area contributed by atoms with Crippen LogP contribution in [0, 0.1) is 13.8 Å². The van der Waals surface area contributed by atoms with Crippen LogP contribution in [0.2, 0.25) is 0 Å². The van der Waals surface area contributed by atoms with E-state index >= 15 is 0 Å². The molecule has 0 aliphatic heterocycles. The average Bonchev–Trinajstić information content (AvgIpc) is 3.47. The van der Waals surface area contributed by atoms with Crippen molar-refractivity contribution < 1.29 is 22.8 Å². The molecule has 0 radical (unpaired) electrons. The molecule has 0 unspecified atom stereocenters. The first-order valence-corrected chi connectivity index (χ1v) is 10.1. The summed E-state index contributed by atoms with van der Waals surface area (Å²) in [5.41, 5.74) is 1.00. The Kier molecular flexibility index (Phi) is 5.50. The summed E-state index contributed by atoms with van der Waals surface area (Å²) in [4.78, 5) is 25.2. The molecular formula is C23H21F3N4O2. The predicted octanol–water partition coefficient (Wildman–Crippen LogP) is 4.65. The number of nitrogens with one attached hydrogen (secondary N) is 2. The number of benzene rings is 2. The van der Waals surface area contributed by atoms with Gasteiger partial charge in [-0.3, -0.25) is 9.59 Å². The monoisotopic (exact) mass is 442 g/mol. The number of nitrogens with zero attached hydrogens (tertiary/aromatic N) is 2. The van der Waals surface area contributed by atoms with Gasteiger partial charge in [0, 0.05) is 17.3 Å². The van der Waals surface area contributed by atoms with Crippen LogP contribution in [-0.4, -0.2) is 27.6 Å². The summed E-state index contributed by atoms with van der Waals surface area (Å²) in [6, 6.07) is 10.3. The maximum Gasteiger partial charge on any atom is 0.418 e. The Labute approximate surface area is 182 Å². The zero-order chi connectivity index (χ0) is 23.0. The Hall–Kier alpha value is -3.62. The topological polar surface area (TPSA) is 76.0 Å². The van der Waals surface area contributed by atoms with Crippen molar-refractivity contribution in [2.24, 2.45) is 0 Å². The first kappa shape index (κ1) is 21.6. The largest absolute Gasteiger partial charge is 0.418 e. The third kappa shape index (κ3) is 4.37. The summed E-state index contributed by atoms with van der Waals surface area (Å²) in [5.74, 6) is -0.739. The van der Waals surface area contributed by atoms with E-state index in [1.807, 2.05) is 0 Å². The van der Waals surface area contributed by atoms with Crippen molar-refractivity contribution in [3.63, 3.8) is 0 Å². The van der Waals surface area contributed by atoms with Crippen LogP contribution in [0.5, 0.6) is 0 Å². The minimum absolute atomic E-state index is 0.134. The van der Waals surface area contributed by atoms with Crippen LogP contribution < -0.4 is 10.6 Å². The van der Waals surface area contributed by atoms with E-state index in [9.17, 15) is 22.8 Å². The van der Waals surface area contributed by atoms with Gasteiger partial charge in [-0.05, 0) is 56.5 Å². The van der Waals surface area contributed by atoms with Gasteiger partial charge in [0.1, 0.15) is 0 Å². The Morgan fingerprint density at radius 1 is 1.06 bits per heavy atom. The fourth-order valence-electron chi connectivity index (χ4n) is 3.36. The number of para-hydroxylation sites is 1. The smallest absolute Gasteiger partial charge is 0.349 e. The van der Waals surface area contributed by atoms with Crippen molar-refractivity contribution in [3.8, 4) is 5.69 Å². The molecule has 1 heterocycles. The number of alkyl halides is 3. The normalized spacial score (nSPS) is 13.7. The molecule has 0 spiro atoms. The molecule has 2 aromatic carbocycles. The van der Waals surface area contributed by atoms with E-state index in [0.29, 0.717) is 11.3 Å². The minimum atomic E-state index is -4.56. The van der Waals surface area contributed by atoms with Gasteiger partial charge in [0.05, 0.1) is 28.7 Å². The number of carbonyl (C=O) groups excluding carboxylic acids is 2. The summed E-state index contributed by atoms with van der Waals surface area (Å²) >= 11 is 0. The van der Waals surface area contributed by atoms with Crippen molar-refractivity contribution >= 4 is 17.5 Å². The highest BCUT2D eigenvalue weighted by Gasteiger charge is 2.34. The number of hydrogen-bond acceptors (Lipinski definition) is 3. The van der Waals surface area contributed by atoms with E-state index in [2.05, 4.69) is 15.7 Å². The SMILES string of the molecule is Cc1ccc(C(=O)NC2CC2)cc1NC(=O)c1cnn(-c2ccccc2C(F)(F)F)c1C. The van der Waals surface area contributed by atoms with Crippen LogP contribution in [0.1, 0.15) is 50.4 Å². The van der Waals surface area contributed by atoms with Crippen LogP contribution >= 0.6 is 0 Å². The van der Waals surface area contributed by atoms with Gasteiger partial charge in [-0.1, -0.05) is 18.2 Å². The highest BCUT2D eigenvalue weighted by atomic mass is 19.4. The summed E-state index contributed by atoms with van der Waals surface area (Å²) in [6.07, 6.45) is -1.41. The molecule has 4 rings (SSSR count).